The number of ether oxygens (including phenoxy) is 5. The largest absolute Gasteiger partial charge is 0.429 e. The Bertz CT molecular complexity index is 6470. The molecule has 10 aromatic carbocycles. The molecule has 5 aliphatic rings. The molecule has 0 aliphatic heterocycles. The number of benzene rings is 10. The van der Waals surface area contributed by atoms with E-state index in [1.165, 1.54) is 25.3 Å². The fourth-order valence-electron chi connectivity index (χ4n) is 17.5. The molecule has 0 spiro atoms. The van der Waals surface area contributed by atoms with Crippen LogP contribution in [0.1, 0.15) is 216 Å². The van der Waals surface area contributed by atoms with Crippen LogP contribution >= 0.6 is 0 Å². The summed E-state index contributed by atoms with van der Waals surface area (Å²) in [5, 5.41) is 0. The molecule has 5 unspecified atom stereocenters. The topological polar surface area (TPSA) is 46.2 Å². The lowest BCUT2D eigenvalue weighted by molar-refractivity contribution is -0.0552. The highest BCUT2D eigenvalue weighted by atomic mass is 19.3. The molecule has 746 valence electrons. The molecule has 0 saturated heterocycles. The monoisotopic (exact) mass is 1990 g/mol. The fraction of sp³-hybridized carbons (Fsp3) is 0.321. The molecule has 5 atom stereocenters. The number of rotatable bonds is 21. The van der Waals surface area contributed by atoms with E-state index in [9.17, 15) is 110 Å². The molecule has 5 nitrogen and oxygen atoms in total. The first-order valence-corrected chi connectivity index (χ1v) is 45.6. The third-order valence-corrected chi connectivity index (χ3v) is 24.4. The zero-order chi connectivity index (χ0) is 103. The molecule has 0 N–H and O–H groups in total. The molecule has 0 saturated carbocycles. The minimum absolute atomic E-state index is 0.0975. The maximum atomic E-state index is 14.9. The van der Waals surface area contributed by atoms with Gasteiger partial charge in [0, 0.05) is 27.8 Å². The Labute approximate surface area is 806 Å². The van der Waals surface area contributed by atoms with Gasteiger partial charge in [0.05, 0.1) is 27.8 Å². The Hall–Kier alpha value is -13.5. The summed E-state index contributed by atoms with van der Waals surface area (Å²) >= 11 is 0. The first-order valence-electron chi connectivity index (χ1n) is 45.6. The molecular weight excluding hydrogens is 1900 g/mol. The van der Waals surface area contributed by atoms with Crippen LogP contribution in [0.3, 0.4) is 0 Å². The van der Waals surface area contributed by atoms with Crippen LogP contribution in [0, 0.1) is 176 Å². The van der Waals surface area contributed by atoms with Crippen molar-refractivity contribution in [3.05, 3.63) is 357 Å². The number of unbranched alkanes of at least 4 members (excludes halogenated alkanes) is 2. The second-order valence-corrected chi connectivity index (χ2v) is 34.1. The van der Waals surface area contributed by atoms with Crippen LogP contribution in [0.4, 0.5) is 110 Å². The number of fused-ring (bicyclic) bond motifs is 5. The summed E-state index contributed by atoms with van der Waals surface area (Å²) in [4.78, 5) is 0. The van der Waals surface area contributed by atoms with E-state index in [1.54, 1.807) is 30.3 Å². The van der Waals surface area contributed by atoms with Crippen LogP contribution in [0.25, 0.3) is 0 Å². The quantitative estimate of drug-likeness (QED) is 0.0310. The Morgan fingerprint density at radius 2 is 0.535 bits per heavy atom. The number of halogens is 25. The summed E-state index contributed by atoms with van der Waals surface area (Å²) in [6, 6.07) is 24.7. The van der Waals surface area contributed by atoms with E-state index in [2.05, 4.69) is 116 Å². The van der Waals surface area contributed by atoms with Crippen LogP contribution in [-0.4, -0.2) is 33.1 Å². The van der Waals surface area contributed by atoms with Gasteiger partial charge in [0.2, 0.25) is 0 Å². The van der Waals surface area contributed by atoms with E-state index in [0.29, 0.717) is 95.9 Å². The van der Waals surface area contributed by atoms with Crippen molar-refractivity contribution in [3.63, 3.8) is 0 Å². The number of hydrogen-bond donors (Lipinski definition) is 0. The normalized spacial score (nSPS) is 15.7. The van der Waals surface area contributed by atoms with Crippen LogP contribution in [0.5, 0.6) is 28.7 Å². The fourth-order valence-corrected chi connectivity index (χ4v) is 17.5. The van der Waals surface area contributed by atoms with Crippen molar-refractivity contribution >= 4 is 0 Å². The molecule has 15 rings (SSSR count). The lowest BCUT2D eigenvalue weighted by Gasteiger charge is -2.25. The molecule has 5 aliphatic carbocycles. The Kier molecular flexibility index (Phi) is 39.7. The molecule has 0 amide bonds. The second kappa shape index (κ2) is 51.8. The Balaban J connectivity index is 0.000000170. The number of hydrogen-bond acceptors (Lipinski definition) is 5. The zero-order valence-electron chi connectivity index (χ0n) is 76.8. The number of allylic oxidation sites excluding steroid dienone is 4. The molecular formula is C112H93F25O5. The van der Waals surface area contributed by atoms with Crippen molar-refractivity contribution in [2.24, 2.45) is 29.6 Å². The highest BCUT2D eigenvalue weighted by Gasteiger charge is 2.30. The maximum Gasteiger partial charge on any atom is 0.387 e. The highest BCUT2D eigenvalue weighted by molar-refractivity contribution is 5.56. The van der Waals surface area contributed by atoms with Gasteiger partial charge in [-0.15, -0.1) is 13.2 Å². The van der Waals surface area contributed by atoms with Crippen LogP contribution in [-0.2, 0) is 64.2 Å². The van der Waals surface area contributed by atoms with Gasteiger partial charge in [0.25, 0.3) is 0 Å². The maximum absolute atomic E-state index is 14.9. The van der Waals surface area contributed by atoms with Gasteiger partial charge in [-0.3, -0.25) is 0 Å². The molecule has 30 heteroatoms. The van der Waals surface area contributed by atoms with E-state index < -0.39 is 149 Å². The summed E-state index contributed by atoms with van der Waals surface area (Å²) in [5.74, 6) is 6.70. The molecule has 0 bridgehead atoms. The average Bonchev–Trinajstić information content (AvgIpc) is 0.806. The third-order valence-electron chi connectivity index (χ3n) is 24.4. The van der Waals surface area contributed by atoms with Gasteiger partial charge in [-0.05, 0) is 292 Å². The van der Waals surface area contributed by atoms with Crippen molar-refractivity contribution in [2.75, 3.05) is 0 Å². The lowest BCUT2D eigenvalue weighted by atomic mass is 9.80. The molecule has 0 aromatic heterocycles. The van der Waals surface area contributed by atoms with E-state index in [-0.39, 0.29) is 55.6 Å². The van der Waals surface area contributed by atoms with Gasteiger partial charge in [0.1, 0.15) is 29.1 Å². The van der Waals surface area contributed by atoms with E-state index in [1.807, 2.05) is 49.4 Å². The van der Waals surface area contributed by atoms with E-state index in [4.69, 9.17) is 0 Å². The summed E-state index contributed by atoms with van der Waals surface area (Å²) in [6.45, 7) is -2.99. The van der Waals surface area contributed by atoms with Crippen molar-refractivity contribution in [1.29, 1.82) is 0 Å². The van der Waals surface area contributed by atoms with Crippen molar-refractivity contribution < 1.29 is 133 Å². The lowest BCUT2D eigenvalue weighted by Crippen LogP contribution is -2.16. The summed E-state index contributed by atoms with van der Waals surface area (Å²) < 4.78 is 352. The molecule has 10 aromatic rings. The third kappa shape index (κ3) is 29.8. The van der Waals surface area contributed by atoms with Crippen molar-refractivity contribution in [1.82, 2.24) is 0 Å². The van der Waals surface area contributed by atoms with Gasteiger partial charge in [-0.25, -0.2) is 65.9 Å². The van der Waals surface area contributed by atoms with E-state index >= 15 is 0 Å². The summed E-state index contributed by atoms with van der Waals surface area (Å²) in [5.41, 5.74) is 8.04. The second-order valence-electron chi connectivity index (χ2n) is 34.1. The smallest absolute Gasteiger partial charge is 0.387 e. The van der Waals surface area contributed by atoms with Crippen LogP contribution < -0.4 is 23.7 Å². The average molecular weight is 1990 g/mol. The SMILES string of the molecule is C/C=C/C1CCc2c(ccc(C#Cc3cc(F)c(OC(F)F)c(F)c3)c2F)C1.C=CC1CCc2c(ccc(C#Cc3cc(F)c(OC(F)F)c(F)c3)c2F)C1.C=CCCC1CCc2c(ccc(C#Cc3cc(F)c(OC(F)F)c(F)c3)c2F)C1.CCCC1CCc2c(ccc(C#Cc3cc(F)c(OC(F)F)c(F)c3)c2F)C1.CCCCCC1CCc2c(ccc(C#Cc3cc(F)c(OC(F)F)c(F)c3)c2F)C1. The Morgan fingerprint density at radius 1 is 0.296 bits per heavy atom. The van der Waals surface area contributed by atoms with E-state index in [0.717, 1.165) is 178 Å². The van der Waals surface area contributed by atoms with Gasteiger partial charge in [0.15, 0.2) is 86.9 Å². The summed E-state index contributed by atoms with van der Waals surface area (Å²) in [7, 11) is 0. The predicted octanol–water partition coefficient (Wildman–Crippen LogP) is 30.2. The first kappa shape index (κ1) is 109. The van der Waals surface area contributed by atoms with Gasteiger partial charge in [-0.1, -0.05) is 166 Å². The Morgan fingerprint density at radius 3 is 0.775 bits per heavy atom. The molecule has 0 fully saturated rings. The van der Waals surface area contributed by atoms with Gasteiger partial charge >= 0.3 is 33.1 Å². The van der Waals surface area contributed by atoms with Gasteiger partial charge in [-0.2, -0.15) is 43.9 Å². The van der Waals surface area contributed by atoms with Gasteiger partial charge < -0.3 is 23.7 Å². The summed E-state index contributed by atoms with van der Waals surface area (Å²) in [6.07, 6.45) is 28.2. The number of alkyl halides is 10. The minimum atomic E-state index is -3.35. The standard InChI is InChI=1S/C24H23F5O.C23H19F5O.C22H19F5O.C22H17F5O.C21H15F5O/c1-2-3-4-5-15-7-11-19-18(12-15)10-9-17(22(19)27)8-6-16-13-20(25)23(21(26)14-16)30-24(28)29;1-2-3-4-14-6-10-18-17(11-14)9-8-16(21(18)26)7-5-15-12-19(24)22(20(25)13-15)29-23(27)28;2*1-2-3-13-5-9-17-16(10-13)8-7-15(20(17)25)6-4-14-11-18(23)21(19(24)12-14)28-22(26)27;1-2-12-4-8-16-15(9-12)7-6-14(19(16)24)5-3-13-10-17(22)20(18(23)11-13)27-21(25)26/h9-10,13-15,24H,2-5,7,11-12H2,1H3;2,8-9,12-14,23H,1,3-4,6,10-11H2;7-8,11-13,22H,2-3,5,9-10H2,1H3;2-3,7-8,11-13,22H,5,9-10H2,1H3;2,6-7,10-12,21H,1,4,8-9H2/b;;;3-2+;. The van der Waals surface area contributed by atoms with Crippen molar-refractivity contribution in [3.8, 4) is 88.0 Å². The van der Waals surface area contributed by atoms with Crippen LogP contribution in [0.15, 0.2) is 159 Å². The highest BCUT2D eigenvalue weighted by Crippen LogP contribution is 2.40. The molecule has 0 radical (unpaired) electrons. The van der Waals surface area contributed by atoms with Crippen LogP contribution in [0.2, 0.25) is 0 Å². The molecule has 142 heavy (non-hydrogen) atoms. The van der Waals surface area contributed by atoms with Crippen molar-refractivity contribution in [2.45, 2.75) is 202 Å². The first-order chi connectivity index (χ1) is 67.9. The predicted molar refractivity (Wildman–Crippen MR) is 488 cm³/mol. The molecule has 0 heterocycles. The minimum Gasteiger partial charge on any atom is -0.429 e. The zero-order valence-corrected chi connectivity index (χ0v) is 76.8.